The van der Waals surface area contributed by atoms with Crippen molar-refractivity contribution in [2.24, 2.45) is 0 Å². The molecule has 1 rings (SSSR count). The van der Waals surface area contributed by atoms with E-state index in [1.165, 1.54) is 4.90 Å². The minimum atomic E-state index is -0.368. The van der Waals surface area contributed by atoms with E-state index in [4.69, 9.17) is 19.9 Å². The zero-order chi connectivity index (χ0) is 16.9. The van der Waals surface area contributed by atoms with Crippen molar-refractivity contribution < 1.29 is 36.3 Å². The maximum Gasteiger partial charge on any atom is 0.338 e. The molecular formula is C17H29ClN2O4. The van der Waals surface area contributed by atoms with Crippen LogP contribution >= 0.6 is 0 Å². The fourth-order valence-corrected chi connectivity index (χ4v) is 2.04. The van der Waals surface area contributed by atoms with Crippen molar-refractivity contribution in [1.29, 1.82) is 0 Å². The van der Waals surface area contributed by atoms with Crippen molar-refractivity contribution in [3.63, 3.8) is 0 Å². The molecule has 0 saturated heterocycles. The summed E-state index contributed by atoms with van der Waals surface area (Å²) in [5, 5.41) is 0. The van der Waals surface area contributed by atoms with Crippen LogP contribution in [0.1, 0.15) is 24.2 Å². The van der Waals surface area contributed by atoms with Gasteiger partial charge in [0.2, 0.25) is 0 Å². The fourth-order valence-electron chi connectivity index (χ4n) is 2.04. The quantitative estimate of drug-likeness (QED) is 0.243. The molecular weight excluding hydrogens is 332 g/mol. The van der Waals surface area contributed by atoms with Crippen molar-refractivity contribution in [1.82, 2.24) is 0 Å². The number of anilines is 1. The predicted molar refractivity (Wildman–Crippen MR) is 89.7 cm³/mol. The second-order valence-corrected chi connectivity index (χ2v) is 5.19. The second kappa shape index (κ2) is 14.0. The van der Waals surface area contributed by atoms with Gasteiger partial charge in [-0.15, -0.1) is 0 Å². The molecule has 0 heterocycles. The number of hydrogen-bond acceptors (Lipinski definition) is 5. The van der Waals surface area contributed by atoms with E-state index >= 15 is 0 Å². The Hall–Kier alpha value is -1.34. The first-order valence-electron chi connectivity index (χ1n) is 8.19. The number of nitrogen functional groups attached to an aromatic ring is 1. The summed E-state index contributed by atoms with van der Waals surface area (Å²) < 4.78 is 16.0. The van der Waals surface area contributed by atoms with Gasteiger partial charge in [0.05, 0.1) is 45.1 Å². The first kappa shape index (κ1) is 22.7. The molecule has 0 spiro atoms. The van der Waals surface area contributed by atoms with Crippen LogP contribution < -0.4 is 23.0 Å². The van der Waals surface area contributed by atoms with Gasteiger partial charge in [-0.2, -0.15) is 0 Å². The number of nitrogens with one attached hydrogen (secondary N) is 1. The maximum atomic E-state index is 11.7. The Labute approximate surface area is 150 Å². The van der Waals surface area contributed by atoms with Gasteiger partial charge in [-0.3, -0.25) is 0 Å². The first-order chi connectivity index (χ1) is 11.2. The molecule has 0 radical (unpaired) electrons. The van der Waals surface area contributed by atoms with Crippen LogP contribution in [0.15, 0.2) is 24.3 Å². The van der Waals surface area contributed by atoms with E-state index in [0.29, 0.717) is 31.1 Å². The number of likely N-dealkylation sites (N-methyl/N-ethyl adjacent to an activating group) is 1. The lowest BCUT2D eigenvalue weighted by atomic mass is 10.2. The van der Waals surface area contributed by atoms with Crippen molar-refractivity contribution in [2.75, 3.05) is 58.4 Å². The first-order valence-corrected chi connectivity index (χ1v) is 8.19. The Morgan fingerprint density at radius 2 is 1.50 bits per heavy atom. The third-order valence-electron chi connectivity index (χ3n) is 3.58. The van der Waals surface area contributed by atoms with Gasteiger partial charge in [-0.1, -0.05) is 0 Å². The van der Waals surface area contributed by atoms with E-state index in [1.807, 2.05) is 0 Å². The summed E-state index contributed by atoms with van der Waals surface area (Å²) in [5.41, 5.74) is 6.67. The van der Waals surface area contributed by atoms with E-state index in [2.05, 4.69) is 13.8 Å². The van der Waals surface area contributed by atoms with Crippen LogP contribution in [0.5, 0.6) is 0 Å². The number of nitrogens with two attached hydrogens (primary N) is 1. The van der Waals surface area contributed by atoms with Crippen LogP contribution in [-0.2, 0) is 14.2 Å². The molecule has 0 atom stereocenters. The molecule has 138 valence electrons. The molecule has 24 heavy (non-hydrogen) atoms. The Balaban J connectivity index is 0.00000529. The van der Waals surface area contributed by atoms with Crippen molar-refractivity contribution in [3.05, 3.63) is 29.8 Å². The molecule has 0 aliphatic heterocycles. The molecule has 1 aromatic rings. The topological polar surface area (TPSA) is 75.2 Å². The minimum Gasteiger partial charge on any atom is -1.00 e. The highest BCUT2D eigenvalue weighted by molar-refractivity contribution is 5.89. The zero-order valence-electron chi connectivity index (χ0n) is 14.6. The summed E-state index contributed by atoms with van der Waals surface area (Å²) in [6.07, 6.45) is 0. The molecule has 6 nitrogen and oxygen atoms in total. The number of ether oxygens (including phenoxy) is 3. The van der Waals surface area contributed by atoms with Gasteiger partial charge >= 0.3 is 5.97 Å². The average molecular weight is 361 g/mol. The van der Waals surface area contributed by atoms with Crippen LogP contribution in [0.2, 0.25) is 0 Å². The molecule has 0 bridgehead atoms. The normalized spacial score (nSPS) is 10.5. The summed E-state index contributed by atoms with van der Waals surface area (Å²) in [6, 6.07) is 6.63. The van der Waals surface area contributed by atoms with Crippen LogP contribution in [0, 0.1) is 0 Å². The molecule has 1 aromatic carbocycles. The Morgan fingerprint density at radius 1 is 0.958 bits per heavy atom. The summed E-state index contributed by atoms with van der Waals surface area (Å²) in [4.78, 5) is 13.2. The fraction of sp³-hybridized carbons (Fsp3) is 0.588. The molecule has 0 fully saturated rings. The van der Waals surface area contributed by atoms with E-state index < -0.39 is 0 Å². The van der Waals surface area contributed by atoms with Crippen LogP contribution in [0.25, 0.3) is 0 Å². The van der Waals surface area contributed by atoms with E-state index in [0.717, 1.165) is 26.2 Å². The number of benzene rings is 1. The number of esters is 1. The van der Waals surface area contributed by atoms with Crippen LogP contribution in [0.3, 0.4) is 0 Å². The third-order valence-corrected chi connectivity index (χ3v) is 3.58. The van der Waals surface area contributed by atoms with Gasteiger partial charge in [0.25, 0.3) is 0 Å². The summed E-state index contributed by atoms with van der Waals surface area (Å²) in [6.45, 7) is 10.0. The third kappa shape index (κ3) is 9.72. The molecule has 3 N–H and O–H groups in total. The Kier molecular flexibility index (Phi) is 13.3. The summed E-state index contributed by atoms with van der Waals surface area (Å²) in [7, 11) is 0. The number of carbonyl (C=O) groups is 1. The van der Waals surface area contributed by atoms with Gasteiger partial charge in [0.15, 0.2) is 0 Å². The minimum absolute atomic E-state index is 0. The standard InChI is InChI=1S/C17H28N2O4.ClH/c1-3-19(4-2)9-10-21-11-12-22-13-14-23-17(20)15-5-7-16(18)8-6-15;/h5-8H,3-4,9-14,18H2,1-2H3;1H. The lowest BCUT2D eigenvalue weighted by Crippen LogP contribution is -3.11. The second-order valence-electron chi connectivity index (χ2n) is 5.19. The summed E-state index contributed by atoms with van der Waals surface area (Å²) >= 11 is 0. The Morgan fingerprint density at radius 3 is 2.08 bits per heavy atom. The van der Waals surface area contributed by atoms with Crippen molar-refractivity contribution >= 4 is 11.7 Å². The summed E-state index contributed by atoms with van der Waals surface area (Å²) in [5.74, 6) is -0.368. The maximum absolute atomic E-state index is 11.7. The molecule has 0 saturated carbocycles. The highest BCUT2D eigenvalue weighted by Crippen LogP contribution is 2.06. The van der Waals surface area contributed by atoms with Crippen molar-refractivity contribution in [3.8, 4) is 0 Å². The monoisotopic (exact) mass is 360 g/mol. The van der Waals surface area contributed by atoms with Gasteiger partial charge in [-0.05, 0) is 38.1 Å². The lowest BCUT2D eigenvalue weighted by molar-refractivity contribution is -0.896. The number of carbonyl (C=O) groups excluding carboxylic acids is 1. The smallest absolute Gasteiger partial charge is 0.338 e. The number of rotatable bonds is 12. The molecule has 0 amide bonds. The number of halogens is 1. The lowest BCUT2D eigenvalue weighted by Gasteiger charge is -2.15. The van der Waals surface area contributed by atoms with Crippen molar-refractivity contribution in [2.45, 2.75) is 13.8 Å². The van der Waals surface area contributed by atoms with Gasteiger partial charge in [0, 0.05) is 5.69 Å². The van der Waals surface area contributed by atoms with Crippen LogP contribution in [-0.4, -0.2) is 58.6 Å². The van der Waals surface area contributed by atoms with Gasteiger partial charge < -0.3 is 37.3 Å². The number of hydrogen-bond donors (Lipinski definition) is 2. The van der Waals surface area contributed by atoms with E-state index in [9.17, 15) is 4.79 Å². The predicted octanol–water partition coefficient (Wildman–Crippen LogP) is -2.61. The van der Waals surface area contributed by atoms with Crippen LogP contribution in [0.4, 0.5) is 5.69 Å². The highest BCUT2D eigenvalue weighted by Gasteiger charge is 2.06. The van der Waals surface area contributed by atoms with Gasteiger partial charge in [0.1, 0.15) is 13.2 Å². The highest BCUT2D eigenvalue weighted by atomic mass is 35.5. The molecule has 0 aromatic heterocycles. The average Bonchev–Trinajstić information content (AvgIpc) is 2.57. The van der Waals surface area contributed by atoms with E-state index in [1.54, 1.807) is 24.3 Å². The molecule has 0 unspecified atom stereocenters. The Bertz CT molecular complexity index is 439. The SMILES string of the molecule is CC[NH+](CC)CCOCCOCCOC(=O)c1ccc(N)cc1.[Cl-]. The largest absolute Gasteiger partial charge is 1.00 e. The van der Waals surface area contributed by atoms with Gasteiger partial charge in [-0.25, -0.2) is 4.79 Å². The molecule has 0 aliphatic carbocycles. The molecule has 7 heteroatoms. The van der Waals surface area contributed by atoms with E-state index in [-0.39, 0.29) is 25.0 Å². The zero-order valence-corrected chi connectivity index (χ0v) is 15.3. The molecule has 0 aliphatic rings. The number of quaternary nitrogens is 1.